The molecule has 0 heterocycles. The van der Waals surface area contributed by atoms with Crippen LogP contribution in [0.1, 0.15) is 31.7 Å². The fourth-order valence-corrected chi connectivity index (χ4v) is 2.16. The first kappa shape index (κ1) is 13.8. The Balaban J connectivity index is 2.97. The van der Waals surface area contributed by atoms with Crippen LogP contribution in [0.2, 0.25) is 5.82 Å². The van der Waals surface area contributed by atoms with Crippen LogP contribution in [-0.2, 0) is 0 Å². The molecule has 1 aromatic carbocycles. The zero-order chi connectivity index (χ0) is 12.8. The predicted molar refractivity (Wildman–Crippen MR) is 68.2 cm³/mol. The lowest BCUT2D eigenvalue weighted by Gasteiger charge is -2.25. The predicted octanol–water partition coefficient (Wildman–Crippen LogP) is 2.18. The molecule has 0 bridgehead atoms. The Morgan fingerprint density at radius 3 is 2.29 bits per heavy atom. The van der Waals surface area contributed by atoms with Crippen molar-refractivity contribution in [2.45, 2.75) is 32.0 Å². The zero-order valence-corrected chi connectivity index (χ0v) is 10.2. The van der Waals surface area contributed by atoms with E-state index < -0.39 is 12.9 Å². The Morgan fingerprint density at radius 1 is 1.29 bits per heavy atom. The Labute approximate surface area is 103 Å². The fourth-order valence-electron chi connectivity index (χ4n) is 2.16. The Morgan fingerprint density at radius 2 is 1.88 bits per heavy atom. The van der Waals surface area contributed by atoms with Crippen LogP contribution in [0.25, 0.3) is 0 Å². The molecule has 0 aliphatic heterocycles. The molecule has 0 aromatic heterocycles. The standard InChI is InChI=1S/C13H18BNO2/c1-3-12(11-7-5-4-6-8-11)13(9-15)10(2)14(16)17/h4-8,10,12-13,16-17H,3H2,1-2H3. The molecule has 1 aromatic rings. The lowest BCUT2D eigenvalue weighted by Crippen LogP contribution is -2.27. The molecule has 1 rings (SSSR count). The molecule has 3 nitrogen and oxygen atoms in total. The molecule has 0 spiro atoms. The summed E-state index contributed by atoms with van der Waals surface area (Å²) < 4.78 is 0. The van der Waals surface area contributed by atoms with Crippen molar-refractivity contribution in [2.75, 3.05) is 0 Å². The van der Waals surface area contributed by atoms with E-state index in [2.05, 4.69) is 6.07 Å². The molecule has 0 saturated heterocycles. The van der Waals surface area contributed by atoms with E-state index >= 15 is 0 Å². The first-order chi connectivity index (χ1) is 8.11. The molecule has 0 amide bonds. The third-order valence-corrected chi connectivity index (χ3v) is 3.29. The van der Waals surface area contributed by atoms with Crippen molar-refractivity contribution in [1.29, 1.82) is 5.26 Å². The highest BCUT2D eigenvalue weighted by atomic mass is 16.4. The summed E-state index contributed by atoms with van der Waals surface area (Å²) in [5.74, 6) is -0.800. The van der Waals surface area contributed by atoms with Crippen molar-refractivity contribution in [3.63, 3.8) is 0 Å². The van der Waals surface area contributed by atoms with E-state index in [4.69, 9.17) is 0 Å². The molecule has 0 saturated carbocycles. The van der Waals surface area contributed by atoms with E-state index in [0.717, 1.165) is 12.0 Å². The van der Waals surface area contributed by atoms with Crippen molar-refractivity contribution in [2.24, 2.45) is 5.92 Å². The van der Waals surface area contributed by atoms with E-state index in [9.17, 15) is 15.3 Å². The van der Waals surface area contributed by atoms with Gasteiger partial charge in [0.25, 0.3) is 0 Å². The third-order valence-electron chi connectivity index (χ3n) is 3.29. The molecule has 0 fully saturated rings. The topological polar surface area (TPSA) is 64.2 Å². The van der Waals surface area contributed by atoms with Crippen molar-refractivity contribution in [1.82, 2.24) is 0 Å². The zero-order valence-electron chi connectivity index (χ0n) is 10.2. The summed E-state index contributed by atoms with van der Waals surface area (Å²) in [6.07, 6.45) is 0.805. The summed E-state index contributed by atoms with van der Waals surface area (Å²) in [6.45, 7) is 3.71. The molecule has 90 valence electrons. The first-order valence-corrected chi connectivity index (χ1v) is 5.92. The Hall–Kier alpha value is -1.31. The van der Waals surface area contributed by atoms with Crippen molar-refractivity contribution >= 4 is 7.12 Å². The maximum atomic E-state index is 9.24. The molecule has 17 heavy (non-hydrogen) atoms. The van der Waals surface area contributed by atoms with Gasteiger partial charge in [-0.05, 0) is 17.9 Å². The van der Waals surface area contributed by atoms with Gasteiger partial charge >= 0.3 is 7.12 Å². The van der Waals surface area contributed by atoms with Gasteiger partial charge in [0.1, 0.15) is 0 Å². The van der Waals surface area contributed by atoms with Crippen LogP contribution in [-0.4, -0.2) is 17.2 Å². The Bertz CT molecular complexity index is 375. The number of nitriles is 1. The highest BCUT2D eigenvalue weighted by Crippen LogP contribution is 2.35. The van der Waals surface area contributed by atoms with Gasteiger partial charge < -0.3 is 10.0 Å². The van der Waals surface area contributed by atoms with Crippen molar-refractivity contribution in [3.05, 3.63) is 35.9 Å². The minimum absolute atomic E-state index is 0.0398. The van der Waals surface area contributed by atoms with Gasteiger partial charge in [-0.15, -0.1) is 0 Å². The van der Waals surface area contributed by atoms with Gasteiger partial charge in [0, 0.05) is 5.82 Å². The molecule has 3 unspecified atom stereocenters. The number of nitrogens with zero attached hydrogens (tertiary/aromatic N) is 1. The van der Waals surface area contributed by atoms with Crippen LogP contribution in [0.5, 0.6) is 0 Å². The molecule has 3 atom stereocenters. The smallest absolute Gasteiger partial charge is 0.427 e. The summed E-state index contributed by atoms with van der Waals surface area (Å²) in [4.78, 5) is 0. The Kier molecular flexibility index (Phi) is 5.21. The normalized spacial score (nSPS) is 15.7. The summed E-state index contributed by atoms with van der Waals surface area (Å²) in [5, 5.41) is 27.7. The largest absolute Gasteiger partial charge is 0.455 e. The van der Waals surface area contributed by atoms with Gasteiger partial charge in [-0.3, -0.25) is 0 Å². The SMILES string of the molecule is CCC(c1ccccc1)C(C#N)C(C)B(O)O. The molecule has 0 aliphatic rings. The summed E-state index contributed by atoms with van der Waals surface area (Å²) in [5.41, 5.74) is 1.08. The molecule has 2 N–H and O–H groups in total. The highest BCUT2D eigenvalue weighted by Gasteiger charge is 2.33. The maximum absolute atomic E-state index is 9.24. The first-order valence-electron chi connectivity index (χ1n) is 5.92. The summed E-state index contributed by atoms with van der Waals surface area (Å²) in [7, 11) is -1.45. The van der Waals surface area contributed by atoms with Crippen LogP contribution < -0.4 is 0 Å². The van der Waals surface area contributed by atoms with E-state index in [1.165, 1.54) is 0 Å². The summed E-state index contributed by atoms with van der Waals surface area (Å²) in [6, 6.07) is 12.0. The van der Waals surface area contributed by atoms with E-state index in [1.54, 1.807) is 6.92 Å². The minimum atomic E-state index is -1.45. The van der Waals surface area contributed by atoms with Crippen LogP contribution in [0.4, 0.5) is 0 Å². The monoisotopic (exact) mass is 231 g/mol. The van der Waals surface area contributed by atoms with Crippen molar-refractivity contribution < 1.29 is 10.0 Å². The van der Waals surface area contributed by atoms with E-state index in [-0.39, 0.29) is 11.8 Å². The van der Waals surface area contributed by atoms with Gasteiger partial charge in [0.05, 0.1) is 12.0 Å². The van der Waals surface area contributed by atoms with Crippen LogP contribution in [0.15, 0.2) is 30.3 Å². The van der Waals surface area contributed by atoms with Gasteiger partial charge in [-0.2, -0.15) is 5.26 Å². The van der Waals surface area contributed by atoms with Gasteiger partial charge in [-0.1, -0.05) is 44.2 Å². The highest BCUT2D eigenvalue weighted by molar-refractivity contribution is 6.43. The lowest BCUT2D eigenvalue weighted by molar-refractivity contribution is 0.353. The van der Waals surface area contributed by atoms with Gasteiger partial charge in [-0.25, -0.2) is 0 Å². The molecular weight excluding hydrogens is 213 g/mol. The van der Waals surface area contributed by atoms with E-state index in [0.29, 0.717) is 0 Å². The second kappa shape index (κ2) is 6.44. The molecule has 0 aliphatic carbocycles. The van der Waals surface area contributed by atoms with Crippen LogP contribution >= 0.6 is 0 Å². The second-order valence-corrected chi connectivity index (χ2v) is 4.35. The van der Waals surface area contributed by atoms with E-state index in [1.807, 2.05) is 37.3 Å². The number of rotatable bonds is 5. The average molecular weight is 231 g/mol. The number of benzene rings is 1. The summed E-state index contributed by atoms with van der Waals surface area (Å²) >= 11 is 0. The number of hydrogen-bond donors (Lipinski definition) is 2. The van der Waals surface area contributed by atoms with Crippen molar-refractivity contribution in [3.8, 4) is 6.07 Å². The lowest BCUT2D eigenvalue weighted by atomic mass is 9.62. The van der Waals surface area contributed by atoms with Crippen LogP contribution in [0, 0.1) is 17.2 Å². The maximum Gasteiger partial charge on any atom is 0.455 e. The van der Waals surface area contributed by atoms with Crippen LogP contribution in [0.3, 0.4) is 0 Å². The molecule has 4 heteroatoms. The average Bonchev–Trinajstić information content (AvgIpc) is 2.35. The molecule has 0 radical (unpaired) electrons. The fraction of sp³-hybridized carbons (Fsp3) is 0.462. The minimum Gasteiger partial charge on any atom is -0.427 e. The van der Waals surface area contributed by atoms with Gasteiger partial charge in [0.15, 0.2) is 0 Å². The molecular formula is C13H18BNO2. The second-order valence-electron chi connectivity index (χ2n) is 4.35. The number of hydrogen-bond acceptors (Lipinski definition) is 3. The quantitative estimate of drug-likeness (QED) is 0.763. The third kappa shape index (κ3) is 3.32. The van der Waals surface area contributed by atoms with Gasteiger partial charge in [0.2, 0.25) is 0 Å².